The number of fused-ring (bicyclic) bond motifs is 4. The number of para-hydroxylation sites is 2. The summed E-state index contributed by atoms with van der Waals surface area (Å²) in [6, 6.07) is 21.9. The molecule has 0 saturated carbocycles. The van der Waals surface area contributed by atoms with Gasteiger partial charge in [0.05, 0.1) is 33.7 Å². The summed E-state index contributed by atoms with van der Waals surface area (Å²) in [5.41, 5.74) is 5.08. The summed E-state index contributed by atoms with van der Waals surface area (Å²) in [6.07, 6.45) is 0. The molecular weight excluding hydrogens is 532 g/mol. The molecule has 35 heavy (non-hydrogen) atoms. The number of aromatic nitrogens is 2. The number of nitrogens with zero attached hydrogens (tertiary/aromatic N) is 6. The minimum Gasteiger partial charge on any atom is -0.310 e. The zero-order valence-electron chi connectivity index (χ0n) is 18.3. The van der Waals surface area contributed by atoms with Crippen LogP contribution in [-0.4, -0.2) is 25.7 Å². The van der Waals surface area contributed by atoms with Crippen LogP contribution >= 0.6 is 27.5 Å². The van der Waals surface area contributed by atoms with Crippen LogP contribution in [0.4, 0.5) is 22.9 Å². The molecule has 3 aromatic carbocycles. The van der Waals surface area contributed by atoms with E-state index >= 15 is 0 Å². The van der Waals surface area contributed by atoms with Crippen LogP contribution in [0.2, 0.25) is 0 Å². The highest BCUT2D eigenvalue weighted by Gasteiger charge is 2.41. The highest BCUT2D eigenvalue weighted by atomic mass is 79.9. The second kappa shape index (κ2) is 8.14. The molecule has 4 aromatic rings. The Hall–Kier alpha value is -3.82. The number of aryl methyl sites for hydroxylation is 1. The van der Waals surface area contributed by atoms with E-state index in [1.165, 1.54) is 12.1 Å². The molecule has 0 N–H and O–H groups in total. The molecule has 172 valence electrons. The van der Waals surface area contributed by atoms with Gasteiger partial charge in [-0.25, -0.2) is 14.7 Å². The third kappa shape index (κ3) is 3.46. The predicted octanol–water partition coefficient (Wildman–Crippen LogP) is 6.77. The lowest BCUT2D eigenvalue weighted by molar-refractivity contribution is -0.384. The molecule has 0 unspecified atom stereocenters. The average molecular weight is 548 g/mol. The number of rotatable bonds is 3. The van der Waals surface area contributed by atoms with E-state index in [4.69, 9.17) is 21.7 Å². The summed E-state index contributed by atoms with van der Waals surface area (Å²) >= 11 is 10.3. The van der Waals surface area contributed by atoms with Gasteiger partial charge >= 0.3 is 0 Å². The molecule has 1 aromatic heterocycles. The van der Waals surface area contributed by atoms with Crippen molar-refractivity contribution in [1.82, 2.24) is 9.78 Å². The lowest BCUT2D eigenvalue weighted by Gasteiger charge is -2.39. The molecule has 2 aliphatic rings. The molecule has 8 nitrogen and oxygen atoms in total. The van der Waals surface area contributed by atoms with Gasteiger partial charge in [0.2, 0.25) is 0 Å². The zero-order chi connectivity index (χ0) is 24.3. The van der Waals surface area contributed by atoms with Gasteiger partial charge in [0, 0.05) is 22.2 Å². The first-order valence-electron chi connectivity index (χ1n) is 10.7. The van der Waals surface area contributed by atoms with Crippen molar-refractivity contribution >= 4 is 61.4 Å². The number of non-ortho nitro benzene ring substituents is 1. The Morgan fingerprint density at radius 1 is 1.03 bits per heavy atom. The minimum atomic E-state index is -0.426. The number of aliphatic imine (C=N–C) groups is 2. The lowest BCUT2D eigenvalue weighted by Crippen LogP contribution is -2.42. The Bertz CT molecular complexity index is 1580. The zero-order valence-corrected chi connectivity index (χ0v) is 20.6. The number of hydrogen-bond acceptors (Lipinski definition) is 6. The maximum absolute atomic E-state index is 11.1. The molecular formula is C25H16BrClN6O2. The first kappa shape index (κ1) is 21.7. The van der Waals surface area contributed by atoms with Crippen LogP contribution in [0.1, 0.15) is 22.9 Å². The van der Waals surface area contributed by atoms with E-state index in [1.54, 1.807) is 16.8 Å². The highest BCUT2D eigenvalue weighted by molar-refractivity contribution is 9.10. The second-order valence-electron chi connectivity index (χ2n) is 8.16. The largest absolute Gasteiger partial charge is 0.310 e. The van der Waals surface area contributed by atoms with Gasteiger partial charge in [-0.05, 0) is 48.9 Å². The number of nitro groups is 1. The SMILES string of the molecule is Cc1nn(-c2ccc([N+](=O)[O-])cc2)c2c1[C@@H](c1cccc(Br)c1)N1C(=N2)C(Cl)=Nc2ccccc21. The first-order chi connectivity index (χ1) is 16.9. The van der Waals surface area contributed by atoms with Crippen molar-refractivity contribution in [1.29, 1.82) is 0 Å². The van der Waals surface area contributed by atoms with E-state index in [2.05, 4.69) is 38.0 Å². The second-order valence-corrected chi connectivity index (χ2v) is 9.44. The van der Waals surface area contributed by atoms with Crippen molar-refractivity contribution in [2.24, 2.45) is 9.98 Å². The molecule has 0 fully saturated rings. The summed E-state index contributed by atoms with van der Waals surface area (Å²) in [5.74, 6) is 1.13. The van der Waals surface area contributed by atoms with Gasteiger partial charge in [-0.3, -0.25) is 10.1 Å². The molecule has 0 bridgehead atoms. The number of amidine groups is 1. The molecule has 0 amide bonds. The van der Waals surface area contributed by atoms with Crippen LogP contribution in [0.5, 0.6) is 0 Å². The molecule has 0 spiro atoms. The number of hydrogen-bond donors (Lipinski definition) is 0. The smallest absolute Gasteiger partial charge is 0.269 e. The molecule has 0 saturated heterocycles. The predicted molar refractivity (Wildman–Crippen MR) is 140 cm³/mol. The molecule has 0 radical (unpaired) electrons. The van der Waals surface area contributed by atoms with Crippen LogP contribution in [0, 0.1) is 17.0 Å². The van der Waals surface area contributed by atoms with Crippen molar-refractivity contribution in [3.63, 3.8) is 0 Å². The van der Waals surface area contributed by atoms with E-state index in [1.807, 2.05) is 43.3 Å². The molecule has 10 heteroatoms. The maximum Gasteiger partial charge on any atom is 0.269 e. The van der Waals surface area contributed by atoms with Crippen LogP contribution in [0.15, 0.2) is 87.3 Å². The van der Waals surface area contributed by atoms with Crippen molar-refractivity contribution < 1.29 is 4.92 Å². The Morgan fingerprint density at radius 2 is 1.80 bits per heavy atom. The molecule has 3 heterocycles. The maximum atomic E-state index is 11.1. The van der Waals surface area contributed by atoms with Crippen LogP contribution < -0.4 is 4.90 Å². The lowest BCUT2D eigenvalue weighted by atomic mass is 9.94. The van der Waals surface area contributed by atoms with Crippen molar-refractivity contribution in [3.8, 4) is 5.69 Å². The van der Waals surface area contributed by atoms with Gasteiger partial charge in [-0.2, -0.15) is 5.10 Å². The Kier molecular flexibility index (Phi) is 5.05. The van der Waals surface area contributed by atoms with Gasteiger partial charge in [0.15, 0.2) is 16.8 Å². The summed E-state index contributed by atoms with van der Waals surface area (Å²) in [4.78, 5) is 22.3. The van der Waals surface area contributed by atoms with E-state index < -0.39 is 4.92 Å². The van der Waals surface area contributed by atoms with E-state index in [-0.39, 0.29) is 16.9 Å². The molecule has 2 aliphatic heterocycles. The normalized spacial score (nSPS) is 16.1. The Labute approximate surface area is 213 Å². The van der Waals surface area contributed by atoms with Gasteiger partial charge < -0.3 is 4.90 Å². The van der Waals surface area contributed by atoms with Crippen LogP contribution in [0.3, 0.4) is 0 Å². The summed E-state index contributed by atoms with van der Waals surface area (Å²) < 4.78 is 2.65. The standard InChI is InChI=1S/C25H16BrClN6O2/c1-14-21-22(15-5-4-6-16(26)13-15)31-20-8-3-2-7-19(20)28-23(27)25(31)29-24(21)32(30-14)17-9-11-18(12-10-17)33(34)35/h2-13,22H,1H3/t22-/m1/s1. The fourth-order valence-electron chi connectivity index (χ4n) is 4.57. The monoisotopic (exact) mass is 546 g/mol. The molecule has 0 aliphatic carbocycles. The Balaban J connectivity index is 1.62. The first-order valence-corrected chi connectivity index (χ1v) is 11.9. The number of halogens is 2. The van der Waals surface area contributed by atoms with E-state index in [0.717, 1.165) is 32.7 Å². The van der Waals surface area contributed by atoms with Gasteiger partial charge in [0.1, 0.15) is 0 Å². The quantitative estimate of drug-likeness (QED) is 0.209. The highest BCUT2D eigenvalue weighted by Crippen LogP contribution is 2.48. The van der Waals surface area contributed by atoms with Crippen molar-refractivity contribution in [2.75, 3.05) is 4.90 Å². The Morgan fingerprint density at radius 3 is 2.54 bits per heavy atom. The van der Waals surface area contributed by atoms with E-state index in [9.17, 15) is 10.1 Å². The molecule has 1 atom stereocenters. The fraction of sp³-hybridized carbons (Fsp3) is 0.0800. The number of anilines is 1. The summed E-state index contributed by atoms with van der Waals surface area (Å²) in [7, 11) is 0. The van der Waals surface area contributed by atoms with Gasteiger partial charge in [-0.15, -0.1) is 0 Å². The van der Waals surface area contributed by atoms with Crippen LogP contribution in [0.25, 0.3) is 5.69 Å². The van der Waals surface area contributed by atoms with Gasteiger partial charge in [0.25, 0.3) is 5.69 Å². The number of benzene rings is 3. The molecule has 6 rings (SSSR count). The van der Waals surface area contributed by atoms with Gasteiger partial charge in [-0.1, -0.05) is 51.8 Å². The van der Waals surface area contributed by atoms with Crippen molar-refractivity contribution in [2.45, 2.75) is 13.0 Å². The van der Waals surface area contributed by atoms with Crippen molar-refractivity contribution in [3.05, 3.63) is 104 Å². The van der Waals surface area contributed by atoms with Crippen LogP contribution in [-0.2, 0) is 0 Å². The minimum absolute atomic E-state index is 0.00932. The fourth-order valence-corrected chi connectivity index (χ4v) is 5.21. The van der Waals surface area contributed by atoms with E-state index in [0.29, 0.717) is 17.3 Å². The third-order valence-electron chi connectivity index (χ3n) is 6.07. The summed E-state index contributed by atoms with van der Waals surface area (Å²) in [6.45, 7) is 1.94. The number of nitro benzene ring substituents is 1. The summed E-state index contributed by atoms with van der Waals surface area (Å²) in [5, 5.41) is 16.2. The average Bonchev–Trinajstić information content (AvgIpc) is 3.19. The topological polar surface area (TPSA) is 88.9 Å². The third-order valence-corrected chi connectivity index (χ3v) is 6.81.